The molecule has 0 aliphatic heterocycles. The van der Waals surface area contributed by atoms with Crippen molar-refractivity contribution in [3.05, 3.63) is 48.6 Å². The molecule has 1 aromatic carbocycles. The first-order valence-electron chi connectivity index (χ1n) is 4.64. The van der Waals surface area contributed by atoms with Gasteiger partial charge in [-0.3, -0.25) is 4.57 Å². The summed E-state index contributed by atoms with van der Waals surface area (Å²) in [6, 6.07) is 9.48. The Kier molecular flexibility index (Phi) is 4.76. The Balaban J connectivity index is 2.68. The van der Waals surface area contributed by atoms with Crippen LogP contribution in [0.15, 0.2) is 43.0 Å². The van der Waals surface area contributed by atoms with Gasteiger partial charge in [-0.2, -0.15) is 0 Å². The average Bonchev–Trinajstić information content (AvgIpc) is 2.28. The highest BCUT2D eigenvalue weighted by Crippen LogP contribution is 2.50. The van der Waals surface area contributed by atoms with E-state index in [1.807, 2.05) is 30.3 Å². The fourth-order valence-electron chi connectivity index (χ4n) is 1.14. The SMILES string of the molecule is C=CCOP(=O)(Cc1ccccc1)OC. The van der Waals surface area contributed by atoms with Gasteiger partial charge in [0.15, 0.2) is 0 Å². The highest BCUT2D eigenvalue weighted by atomic mass is 31.2. The third kappa shape index (κ3) is 4.00. The molecule has 0 heterocycles. The van der Waals surface area contributed by atoms with E-state index >= 15 is 0 Å². The van der Waals surface area contributed by atoms with Gasteiger partial charge in [-0.05, 0) is 5.56 Å². The third-order valence-electron chi connectivity index (χ3n) is 1.89. The van der Waals surface area contributed by atoms with E-state index in [2.05, 4.69) is 6.58 Å². The zero-order valence-corrected chi connectivity index (χ0v) is 9.65. The molecule has 0 bridgehead atoms. The van der Waals surface area contributed by atoms with E-state index in [1.165, 1.54) is 7.11 Å². The molecular formula is C11H15O3P. The maximum atomic E-state index is 12.0. The topological polar surface area (TPSA) is 35.5 Å². The van der Waals surface area contributed by atoms with Crippen LogP contribution in [-0.4, -0.2) is 13.7 Å². The van der Waals surface area contributed by atoms with Gasteiger partial charge in [0.2, 0.25) is 0 Å². The smallest absolute Gasteiger partial charge is 0.312 e. The van der Waals surface area contributed by atoms with Gasteiger partial charge in [-0.1, -0.05) is 36.4 Å². The van der Waals surface area contributed by atoms with Crippen LogP contribution in [0.4, 0.5) is 0 Å². The summed E-state index contributed by atoms with van der Waals surface area (Å²) < 4.78 is 22.1. The highest BCUT2D eigenvalue weighted by molar-refractivity contribution is 7.53. The maximum Gasteiger partial charge on any atom is 0.335 e. The van der Waals surface area contributed by atoms with Crippen LogP contribution < -0.4 is 0 Å². The predicted molar refractivity (Wildman–Crippen MR) is 60.9 cm³/mol. The fraction of sp³-hybridized carbons (Fsp3) is 0.273. The minimum atomic E-state index is -3.01. The number of benzene rings is 1. The quantitative estimate of drug-likeness (QED) is 0.551. The van der Waals surface area contributed by atoms with Crippen LogP contribution in [0.2, 0.25) is 0 Å². The van der Waals surface area contributed by atoms with Gasteiger partial charge in [0.1, 0.15) is 0 Å². The summed E-state index contributed by atoms with van der Waals surface area (Å²) in [6.45, 7) is 3.74. The first kappa shape index (κ1) is 12.2. The van der Waals surface area contributed by atoms with Gasteiger partial charge in [-0.25, -0.2) is 0 Å². The molecule has 0 N–H and O–H groups in total. The zero-order valence-electron chi connectivity index (χ0n) is 8.76. The number of rotatable bonds is 6. The average molecular weight is 226 g/mol. The van der Waals surface area contributed by atoms with E-state index < -0.39 is 7.60 Å². The first-order chi connectivity index (χ1) is 7.20. The van der Waals surface area contributed by atoms with Crippen molar-refractivity contribution in [2.24, 2.45) is 0 Å². The lowest BCUT2D eigenvalue weighted by Crippen LogP contribution is -1.96. The van der Waals surface area contributed by atoms with E-state index in [9.17, 15) is 4.57 Å². The molecule has 0 aliphatic carbocycles. The van der Waals surface area contributed by atoms with Gasteiger partial charge in [0.25, 0.3) is 0 Å². The van der Waals surface area contributed by atoms with Crippen molar-refractivity contribution in [3.8, 4) is 0 Å². The lowest BCUT2D eigenvalue weighted by atomic mass is 10.2. The van der Waals surface area contributed by atoms with Crippen molar-refractivity contribution >= 4 is 7.60 Å². The molecule has 82 valence electrons. The first-order valence-corrected chi connectivity index (χ1v) is 6.37. The van der Waals surface area contributed by atoms with Crippen molar-refractivity contribution in [2.45, 2.75) is 6.16 Å². The molecule has 0 spiro atoms. The summed E-state index contributed by atoms with van der Waals surface area (Å²) in [4.78, 5) is 0. The van der Waals surface area contributed by atoms with E-state index in [-0.39, 0.29) is 12.8 Å². The Bertz CT molecular complexity index is 348. The summed E-state index contributed by atoms with van der Waals surface area (Å²) in [5, 5.41) is 0. The Labute approximate surface area is 90.3 Å². The third-order valence-corrected chi connectivity index (χ3v) is 3.74. The van der Waals surface area contributed by atoms with E-state index in [0.29, 0.717) is 0 Å². The van der Waals surface area contributed by atoms with Crippen molar-refractivity contribution < 1.29 is 13.6 Å². The van der Waals surface area contributed by atoms with E-state index in [0.717, 1.165) is 5.56 Å². The molecule has 1 rings (SSSR count). The van der Waals surface area contributed by atoms with Crippen LogP contribution in [0.1, 0.15) is 5.56 Å². The monoisotopic (exact) mass is 226 g/mol. The molecule has 1 atom stereocenters. The molecule has 15 heavy (non-hydrogen) atoms. The molecule has 0 aromatic heterocycles. The Morgan fingerprint density at radius 2 is 2.07 bits per heavy atom. The molecule has 4 heteroatoms. The van der Waals surface area contributed by atoms with Crippen LogP contribution in [0, 0.1) is 0 Å². The molecule has 1 unspecified atom stereocenters. The molecular weight excluding hydrogens is 211 g/mol. The summed E-state index contributed by atoms with van der Waals surface area (Å²) in [6.07, 6.45) is 1.84. The van der Waals surface area contributed by atoms with Gasteiger partial charge in [-0.15, -0.1) is 6.58 Å². The summed E-state index contributed by atoms with van der Waals surface area (Å²) in [5.74, 6) is 0. The summed E-state index contributed by atoms with van der Waals surface area (Å²) >= 11 is 0. The van der Waals surface area contributed by atoms with Crippen molar-refractivity contribution in [1.82, 2.24) is 0 Å². The second-order valence-corrected chi connectivity index (χ2v) is 5.18. The lowest BCUT2D eigenvalue weighted by Gasteiger charge is -2.15. The molecule has 3 nitrogen and oxygen atoms in total. The normalized spacial score (nSPS) is 14.5. The molecule has 0 fully saturated rings. The van der Waals surface area contributed by atoms with Crippen LogP contribution in [-0.2, 0) is 19.8 Å². The molecule has 0 radical (unpaired) electrons. The van der Waals surface area contributed by atoms with Crippen LogP contribution in [0.3, 0.4) is 0 Å². The molecule has 0 aliphatic rings. The Morgan fingerprint density at radius 3 is 2.60 bits per heavy atom. The van der Waals surface area contributed by atoms with E-state index in [1.54, 1.807) is 6.08 Å². The Hall–Kier alpha value is -0.890. The fourth-order valence-corrected chi connectivity index (χ4v) is 2.45. The van der Waals surface area contributed by atoms with Crippen molar-refractivity contribution in [1.29, 1.82) is 0 Å². The lowest BCUT2D eigenvalue weighted by molar-refractivity contribution is 0.253. The van der Waals surface area contributed by atoms with Gasteiger partial charge < -0.3 is 9.05 Å². The molecule has 0 saturated carbocycles. The van der Waals surface area contributed by atoms with Crippen LogP contribution in [0.25, 0.3) is 0 Å². The zero-order chi connectivity index (χ0) is 11.1. The highest BCUT2D eigenvalue weighted by Gasteiger charge is 2.22. The van der Waals surface area contributed by atoms with Gasteiger partial charge in [0, 0.05) is 7.11 Å². The summed E-state index contributed by atoms with van der Waals surface area (Å²) in [5.41, 5.74) is 0.937. The maximum absolute atomic E-state index is 12.0. The number of hydrogen-bond acceptors (Lipinski definition) is 3. The second-order valence-electron chi connectivity index (χ2n) is 3.02. The minimum absolute atomic E-state index is 0.234. The summed E-state index contributed by atoms with van der Waals surface area (Å²) in [7, 11) is -1.61. The predicted octanol–water partition coefficient (Wildman–Crippen LogP) is 3.23. The van der Waals surface area contributed by atoms with Crippen molar-refractivity contribution in [3.63, 3.8) is 0 Å². The number of hydrogen-bond donors (Lipinski definition) is 0. The Morgan fingerprint density at radius 1 is 1.40 bits per heavy atom. The van der Waals surface area contributed by atoms with Gasteiger partial charge >= 0.3 is 7.60 Å². The standard InChI is InChI=1S/C11H15O3P/c1-3-9-14-15(12,13-2)10-11-7-5-4-6-8-11/h3-8H,1,9-10H2,2H3. The molecule has 1 aromatic rings. The van der Waals surface area contributed by atoms with E-state index in [4.69, 9.17) is 9.05 Å². The van der Waals surface area contributed by atoms with Crippen molar-refractivity contribution in [2.75, 3.05) is 13.7 Å². The largest absolute Gasteiger partial charge is 0.335 e. The van der Waals surface area contributed by atoms with Gasteiger partial charge in [0.05, 0.1) is 12.8 Å². The molecule has 0 saturated heterocycles. The van der Waals surface area contributed by atoms with Crippen LogP contribution >= 0.6 is 7.60 Å². The van der Waals surface area contributed by atoms with Crippen LogP contribution in [0.5, 0.6) is 0 Å². The molecule has 0 amide bonds. The minimum Gasteiger partial charge on any atom is -0.312 e. The second kappa shape index (κ2) is 5.86.